The molecule has 9 nitrogen and oxygen atoms in total. The van der Waals surface area contributed by atoms with Crippen LogP contribution in [0.1, 0.15) is 6.92 Å². The number of benzene rings is 2. The van der Waals surface area contributed by atoms with Gasteiger partial charge in [0.25, 0.3) is 15.9 Å². The average molecular weight is 516 g/mol. The molecule has 1 N–H and O–H groups in total. The lowest BCUT2D eigenvalue weighted by molar-refractivity contribution is -0.134. The van der Waals surface area contributed by atoms with E-state index in [1.54, 1.807) is 28.9 Å². The Balaban J connectivity index is 1.55. The molecule has 0 aliphatic carbocycles. The summed E-state index contributed by atoms with van der Waals surface area (Å²) in [5.41, 5.74) is 0.351. The zero-order chi connectivity index (χ0) is 24.0. The molecule has 1 heterocycles. The van der Waals surface area contributed by atoms with Crippen molar-refractivity contribution in [2.24, 2.45) is 0 Å². The van der Waals surface area contributed by atoms with Gasteiger partial charge in [0.2, 0.25) is 0 Å². The van der Waals surface area contributed by atoms with E-state index >= 15 is 0 Å². The van der Waals surface area contributed by atoms with Gasteiger partial charge in [0.15, 0.2) is 6.61 Å². The van der Waals surface area contributed by atoms with Crippen molar-refractivity contribution in [2.75, 3.05) is 44.1 Å². The summed E-state index contributed by atoms with van der Waals surface area (Å²) in [6.07, 6.45) is -0.395. The number of carbonyl (C=O) groups is 2. The van der Waals surface area contributed by atoms with E-state index in [9.17, 15) is 18.0 Å². The smallest absolute Gasteiger partial charge is 0.409 e. The highest BCUT2D eigenvalue weighted by Gasteiger charge is 2.25. The van der Waals surface area contributed by atoms with Gasteiger partial charge in [-0.1, -0.05) is 23.2 Å². The fourth-order valence-electron chi connectivity index (χ4n) is 3.08. The third kappa shape index (κ3) is 6.66. The lowest BCUT2D eigenvalue weighted by Gasteiger charge is -2.34. The normalized spacial score (nSPS) is 14.0. The summed E-state index contributed by atoms with van der Waals surface area (Å²) < 4.78 is 38.1. The van der Waals surface area contributed by atoms with Gasteiger partial charge in [0.05, 0.1) is 16.5 Å². The van der Waals surface area contributed by atoms with Crippen LogP contribution in [0.2, 0.25) is 10.0 Å². The van der Waals surface area contributed by atoms with Crippen LogP contribution in [0.5, 0.6) is 5.75 Å². The quantitative estimate of drug-likeness (QED) is 0.605. The number of anilines is 1. The molecule has 2 amide bonds. The van der Waals surface area contributed by atoms with Crippen LogP contribution in [0.25, 0.3) is 0 Å². The molecule has 0 aromatic heterocycles. The molecule has 178 valence electrons. The van der Waals surface area contributed by atoms with Crippen LogP contribution in [0.4, 0.5) is 10.5 Å². The minimum absolute atomic E-state index is 0.0499. The summed E-state index contributed by atoms with van der Waals surface area (Å²) in [6, 6.07) is 10.2. The van der Waals surface area contributed by atoms with E-state index in [4.69, 9.17) is 32.7 Å². The van der Waals surface area contributed by atoms with Crippen molar-refractivity contribution in [1.29, 1.82) is 0 Å². The number of nitrogens with zero attached hydrogens (tertiary/aromatic N) is 2. The van der Waals surface area contributed by atoms with Crippen LogP contribution >= 0.6 is 23.2 Å². The van der Waals surface area contributed by atoms with Crippen LogP contribution in [0.15, 0.2) is 47.4 Å². The molecule has 12 heteroatoms. The molecule has 1 aliphatic heterocycles. The molecule has 0 radical (unpaired) electrons. The minimum atomic E-state index is -3.88. The molecule has 0 spiro atoms. The second-order valence-corrected chi connectivity index (χ2v) is 9.59. The first-order valence-electron chi connectivity index (χ1n) is 10.1. The van der Waals surface area contributed by atoms with Gasteiger partial charge in [-0.05, 0) is 49.4 Å². The van der Waals surface area contributed by atoms with E-state index in [0.717, 1.165) is 0 Å². The van der Waals surface area contributed by atoms with E-state index in [-0.39, 0.29) is 28.2 Å². The van der Waals surface area contributed by atoms with Gasteiger partial charge in [-0.3, -0.25) is 9.52 Å². The van der Waals surface area contributed by atoms with Crippen LogP contribution in [-0.4, -0.2) is 69.6 Å². The highest BCUT2D eigenvalue weighted by Crippen LogP contribution is 2.28. The predicted octanol–water partition coefficient (Wildman–Crippen LogP) is 3.47. The lowest BCUT2D eigenvalue weighted by Crippen LogP contribution is -2.51. The molecule has 1 saturated heterocycles. The molecule has 33 heavy (non-hydrogen) atoms. The molecule has 3 rings (SSSR count). The molecule has 2 aromatic carbocycles. The lowest BCUT2D eigenvalue weighted by atomic mass is 10.3. The van der Waals surface area contributed by atoms with Crippen LogP contribution in [0.3, 0.4) is 0 Å². The molecular formula is C21H23Cl2N3O6S. The van der Waals surface area contributed by atoms with E-state index in [1.807, 2.05) is 0 Å². The SMILES string of the molecule is CCOC(=O)N1CCN(C(=O)COc2ccc(S(=O)(=O)Nc3ccc(Cl)cc3)cc2Cl)CC1. The van der Waals surface area contributed by atoms with Crippen LogP contribution in [-0.2, 0) is 19.6 Å². The molecule has 0 bridgehead atoms. The molecular weight excluding hydrogens is 493 g/mol. The average Bonchev–Trinajstić information content (AvgIpc) is 2.79. The number of carbonyl (C=O) groups excluding carboxylic acids is 2. The number of nitrogens with one attached hydrogen (secondary N) is 1. The van der Waals surface area contributed by atoms with Gasteiger partial charge in [-0.15, -0.1) is 0 Å². The van der Waals surface area contributed by atoms with Crippen molar-refractivity contribution in [1.82, 2.24) is 9.80 Å². The number of piperazine rings is 1. The first-order chi connectivity index (χ1) is 15.7. The second-order valence-electron chi connectivity index (χ2n) is 7.06. The standard InChI is InChI=1S/C21H23Cl2N3O6S/c1-2-31-21(28)26-11-9-25(10-12-26)20(27)14-32-19-8-7-17(13-18(19)23)33(29,30)24-16-5-3-15(22)4-6-16/h3-8,13,24H,2,9-12,14H2,1H3. The Kier molecular flexibility index (Phi) is 8.28. The van der Waals surface area contributed by atoms with Crippen molar-refractivity contribution >= 4 is 50.9 Å². The molecule has 0 atom stereocenters. The van der Waals surface area contributed by atoms with Crippen molar-refractivity contribution in [3.8, 4) is 5.75 Å². The maximum atomic E-state index is 12.6. The fraction of sp³-hybridized carbons (Fsp3) is 0.333. The summed E-state index contributed by atoms with van der Waals surface area (Å²) in [7, 11) is -3.88. The van der Waals surface area contributed by atoms with Gasteiger partial charge >= 0.3 is 6.09 Å². The Bertz CT molecular complexity index is 1100. The first kappa shape index (κ1) is 24.9. The second kappa shape index (κ2) is 11.0. The molecule has 0 saturated carbocycles. The summed E-state index contributed by atoms with van der Waals surface area (Å²) in [6.45, 7) is 3.23. The largest absolute Gasteiger partial charge is 0.482 e. The van der Waals surface area contributed by atoms with Gasteiger partial charge in [-0.2, -0.15) is 0 Å². The highest BCUT2D eigenvalue weighted by molar-refractivity contribution is 7.92. The van der Waals surface area contributed by atoms with Crippen molar-refractivity contribution < 1.29 is 27.5 Å². The summed E-state index contributed by atoms with van der Waals surface area (Å²) in [5.74, 6) is -0.0868. The number of hydrogen-bond donors (Lipinski definition) is 1. The Morgan fingerprint density at radius 3 is 2.24 bits per heavy atom. The number of amides is 2. The number of sulfonamides is 1. The predicted molar refractivity (Wildman–Crippen MR) is 124 cm³/mol. The number of ether oxygens (including phenoxy) is 2. The molecule has 2 aromatic rings. The maximum Gasteiger partial charge on any atom is 0.409 e. The Hall–Kier alpha value is -2.69. The van der Waals surface area contributed by atoms with E-state index in [0.29, 0.717) is 43.5 Å². The zero-order valence-electron chi connectivity index (χ0n) is 17.8. The van der Waals surface area contributed by atoms with Gasteiger partial charge < -0.3 is 19.3 Å². The highest BCUT2D eigenvalue weighted by atomic mass is 35.5. The Morgan fingerprint density at radius 2 is 1.64 bits per heavy atom. The number of rotatable bonds is 7. The summed E-state index contributed by atoms with van der Waals surface area (Å²) in [4.78, 5) is 27.3. The topological polar surface area (TPSA) is 105 Å². The maximum absolute atomic E-state index is 12.6. The monoisotopic (exact) mass is 515 g/mol. The van der Waals surface area contributed by atoms with Gasteiger partial charge in [0.1, 0.15) is 5.75 Å². The van der Waals surface area contributed by atoms with Crippen LogP contribution in [0, 0.1) is 0 Å². The minimum Gasteiger partial charge on any atom is -0.482 e. The van der Waals surface area contributed by atoms with Crippen molar-refractivity contribution in [2.45, 2.75) is 11.8 Å². The van der Waals surface area contributed by atoms with E-state index in [1.165, 1.54) is 30.3 Å². The third-order valence-corrected chi connectivity index (χ3v) is 6.75. The molecule has 0 unspecified atom stereocenters. The third-order valence-electron chi connectivity index (χ3n) is 4.82. The number of halogens is 2. The Labute approximate surface area is 202 Å². The van der Waals surface area contributed by atoms with E-state index < -0.39 is 16.1 Å². The zero-order valence-corrected chi connectivity index (χ0v) is 20.1. The van der Waals surface area contributed by atoms with Crippen molar-refractivity contribution in [3.05, 3.63) is 52.5 Å². The first-order valence-corrected chi connectivity index (χ1v) is 12.3. The fourth-order valence-corrected chi connectivity index (χ4v) is 4.59. The molecule has 1 aliphatic rings. The van der Waals surface area contributed by atoms with Gasteiger partial charge in [-0.25, -0.2) is 13.2 Å². The van der Waals surface area contributed by atoms with Crippen molar-refractivity contribution in [3.63, 3.8) is 0 Å². The number of hydrogen-bond acceptors (Lipinski definition) is 6. The Morgan fingerprint density at radius 1 is 1.00 bits per heavy atom. The molecule has 1 fully saturated rings. The van der Waals surface area contributed by atoms with E-state index in [2.05, 4.69) is 4.72 Å². The van der Waals surface area contributed by atoms with Gasteiger partial charge in [0, 0.05) is 36.9 Å². The van der Waals surface area contributed by atoms with Crippen LogP contribution < -0.4 is 9.46 Å². The summed E-state index contributed by atoms with van der Waals surface area (Å²) >= 11 is 12.0. The summed E-state index contributed by atoms with van der Waals surface area (Å²) in [5, 5.41) is 0.534.